The van der Waals surface area contributed by atoms with Crippen molar-refractivity contribution in [2.75, 3.05) is 7.05 Å². The molecule has 4 N–H and O–H groups in total. The molecule has 0 spiro atoms. The fraction of sp³-hybridized carbons (Fsp3) is 0.846. The Morgan fingerprint density at radius 1 is 1.28 bits per heavy atom. The molecule has 0 bridgehead atoms. The standard InChI is InChI=1S/C13H25N3O2/c1-3-9-4-6-10(7-5-9)16(2)13(18)11(14)8-12(15)17/h9-11H,3-8,14H2,1-2H3,(H2,15,17). The fourth-order valence-electron chi connectivity index (χ4n) is 2.69. The Balaban J connectivity index is 2.46. The van der Waals surface area contributed by atoms with E-state index < -0.39 is 11.9 Å². The SMILES string of the molecule is CCC1CCC(N(C)C(=O)C(N)CC(N)=O)CC1. The second-order valence-electron chi connectivity index (χ2n) is 5.31. The van der Waals surface area contributed by atoms with Crippen LogP contribution in [0.25, 0.3) is 0 Å². The van der Waals surface area contributed by atoms with E-state index >= 15 is 0 Å². The predicted octanol–water partition coefficient (Wildman–Crippen LogP) is 0.616. The summed E-state index contributed by atoms with van der Waals surface area (Å²) < 4.78 is 0. The smallest absolute Gasteiger partial charge is 0.240 e. The highest BCUT2D eigenvalue weighted by atomic mass is 16.2. The van der Waals surface area contributed by atoms with Gasteiger partial charge in [-0.2, -0.15) is 0 Å². The van der Waals surface area contributed by atoms with Crippen LogP contribution in [0.15, 0.2) is 0 Å². The van der Waals surface area contributed by atoms with Crippen LogP contribution in [0.4, 0.5) is 0 Å². The van der Waals surface area contributed by atoms with Crippen molar-refractivity contribution in [1.82, 2.24) is 4.90 Å². The van der Waals surface area contributed by atoms with Gasteiger partial charge in [-0.1, -0.05) is 13.3 Å². The maximum absolute atomic E-state index is 12.0. The van der Waals surface area contributed by atoms with Gasteiger partial charge in [0.15, 0.2) is 0 Å². The summed E-state index contributed by atoms with van der Waals surface area (Å²) in [5.41, 5.74) is 10.7. The highest BCUT2D eigenvalue weighted by Crippen LogP contribution is 2.29. The lowest BCUT2D eigenvalue weighted by atomic mass is 9.84. The van der Waals surface area contributed by atoms with Gasteiger partial charge in [0, 0.05) is 13.1 Å². The van der Waals surface area contributed by atoms with Gasteiger partial charge in [-0.15, -0.1) is 0 Å². The van der Waals surface area contributed by atoms with Crippen LogP contribution in [0.5, 0.6) is 0 Å². The molecule has 0 aromatic carbocycles. The first-order valence-corrected chi connectivity index (χ1v) is 6.76. The van der Waals surface area contributed by atoms with Gasteiger partial charge in [-0.3, -0.25) is 9.59 Å². The molecule has 1 aliphatic carbocycles. The van der Waals surface area contributed by atoms with Crippen LogP contribution in [0.3, 0.4) is 0 Å². The van der Waals surface area contributed by atoms with Crippen molar-refractivity contribution in [2.24, 2.45) is 17.4 Å². The summed E-state index contributed by atoms with van der Waals surface area (Å²) in [7, 11) is 1.78. The molecule has 2 amide bonds. The second-order valence-corrected chi connectivity index (χ2v) is 5.31. The number of likely N-dealkylation sites (N-methyl/N-ethyl adjacent to an activating group) is 1. The summed E-state index contributed by atoms with van der Waals surface area (Å²) in [4.78, 5) is 24.5. The zero-order valence-electron chi connectivity index (χ0n) is 11.4. The summed E-state index contributed by atoms with van der Waals surface area (Å²) >= 11 is 0. The third-order valence-corrected chi connectivity index (χ3v) is 4.03. The van der Waals surface area contributed by atoms with E-state index in [9.17, 15) is 9.59 Å². The Morgan fingerprint density at radius 2 is 1.83 bits per heavy atom. The number of carbonyl (C=O) groups is 2. The van der Waals surface area contributed by atoms with Crippen LogP contribution in [-0.2, 0) is 9.59 Å². The average molecular weight is 255 g/mol. The summed E-state index contributed by atoms with van der Waals surface area (Å²) in [6.07, 6.45) is 5.54. The van der Waals surface area contributed by atoms with Crippen LogP contribution in [0, 0.1) is 5.92 Å². The molecule has 0 heterocycles. The van der Waals surface area contributed by atoms with E-state index in [0.29, 0.717) is 0 Å². The lowest BCUT2D eigenvalue weighted by Crippen LogP contribution is -2.48. The average Bonchev–Trinajstić information content (AvgIpc) is 2.36. The van der Waals surface area contributed by atoms with Crippen LogP contribution in [0.2, 0.25) is 0 Å². The molecule has 1 rings (SSSR count). The monoisotopic (exact) mass is 255 g/mol. The predicted molar refractivity (Wildman–Crippen MR) is 70.6 cm³/mol. The van der Waals surface area contributed by atoms with Crippen LogP contribution in [-0.4, -0.2) is 35.8 Å². The molecule has 0 radical (unpaired) electrons. The minimum absolute atomic E-state index is 0.0759. The molecule has 0 aromatic heterocycles. The number of rotatable bonds is 5. The maximum Gasteiger partial charge on any atom is 0.240 e. The van der Waals surface area contributed by atoms with Crippen molar-refractivity contribution in [1.29, 1.82) is 0 Å². The van der Waals surface area contributed by atoms with Crippen molar-refractivity contribution < 1.29 is 9.59 Å². The minimum Gasteiger partial charge on any atom is -0.370 e. The van der Waals surface area contributed by atoms with E-state index in [2.05, 4.69) is 6.92 Å². The zero-order valence-corrected chi connectivity index (χ0v) is 11.4. The molecule has 0 aromatic rings. The molecule has 5 heteroatoms. The van der Waals surface area contributed by atoms with E-state index in [1.165, 1.54) is 19.3 Å². The van der Waals surface area contributed by atoms with Crippen LogP contribution in [0.1, 0.15) is 45.4 Å². The summed E-state index contributed by atoms with van der Waals surface area (Å²) in [5.74, 6) is 0.0942. The first-order chi connectivity index (χ1) is 8.45. The Morgan fingerprint density at radius 3 is 2.28 bits per heavy atom. The van der Waals surface area contributed by atoms with Gasteiger partial charge >= 0.3 is 0 Å². The van der Waals surface area contributed by atoms with E-state index in [4.69, 9.17) is 11.5 Å². The number of hydrogen-bond donors (Lipinski definition) is 2. The molecule has 0 aliphatic heterocycles. The van der Waals surface area contributed by atoms with Gasteiger partial charge < -0.3 is 16.4 Å². The largest absolute Gasteiger partial charge is 0.370 e. The lowest BCUT2D eigenvalue weighted by Gasteiger charge is -2.35. The molecule has 1 aliphatic rings. The van der Waals surface area contributed by atoms with Gasteiger partial charge in [0.05, 0.1) is 12.5 Å². The van der Waals surface area contributed by atoms with Crippen molar-refractivity contribution in [3.63, 3.8) is 0 Å². The number of amides is 2. The molecule has 5 nitrogen and oxygen atoms in total. The molecule has 0 saturated heterocycles. The van der Waals surface area contributed by atoms with E-state index in [1.54, 1.807) is 11.9 Å². The molecule has 1 saturated carbocycles. The van der Waals surface area contributed by atoms with Crippen molar-refractivity contribution >= 4 is 11.8 Å². The minimum atomic E-state index is -0.795. The second kappa shape index (κ2) is 6.73. The molecule has 18 heavy (non-hydrogen) atoms. The Kier molecular flexibility index (Phi) is 5.59. The van der Waals surface area contributed by atoms with Gasteiger partial charge in [-0.25, -0.2) is 0 Å². The first-order valence-electron chi connectivity index (χ1n) is 6.76. The lowest BCUT2D eigenvalue weighted by molar-refractivity contribution is -0.136. The van der Waals surface area contributed by atoms with E-state index in [0.717, 1.165) is 18.8 Å². The molecular weight excluding hydrogens is 230 g/mol. The summed E-state index contributed by atoms with van der Waals surface area (Å²) in [6.45, 7) is 2.21. The Hall–Kier alpha value is -1.10. The topological polar surface area (TPSA) is 89.4 Å². The summed E-state index contributed by atoms with van der Waals surface area (Å²) in [6, 6.07) is -0.532. The normalized spacial score (nSPS) is 25.5. The van der Waals surface area contributed by atoms with Gasteiger partial charge in [-0.05, 0) is 31.6 Å². The van der Waals surface area contributed by atoms with Crippen molar-refractivity contribution in [2.45, 2.75) is 57.5 Å². The zero-order chi connectivity index (χ0) is 13.7. The summed E-state index contributed by atoms with van der Waals surface area (Å²) in [5, 5.41) is 0. The number of nitrogens with zero attached hydrogens (tertiary/aromatic N) is 1. The van der Waals surface area contributed by atoms with Crippen LogP contribution < -0.4 is 11.5 Å². The Bertz CT molecular complexity index is 299. The van der Waals surface area contributed by atoms with Gasteiger partial charge in [0.1, 0.15) is 0 Å². The fourth-order valence-corrected chi connectivity index (χ4v) is 2.69. The molecule has 1 fully saturated rings. The first kappa shape index (κ1) is 15.0. The quantitative estimate of drug-likeness (QED) is 0.754. The van der Waals surface area contributed by atoms with Crippen molar-refractivity contribution in [3.8, 4) is 0 Å². The Labute approximate surface area is 109 Å². The highest BCUT2D eigenvalue weighted by Gasteiger charge is 2.28. The van der Waals surface area contributed by atoms with E-state index in [1.807, 2.05) is 0 Å². The van der Waals surface area contributed by atoms with Gasteiger partial charge in [0.25, 0.3) is 0 Å². The molecule has 1 unspecified atom stereocenters. The molecule has 104 valence electrons. The van der Waals surface area contributed by atoms with Crippen molar-refractivity contribution in [3.05, 3.63) is 0 Å². The number of nitrogens with two attached hydrogens (primary N) is 2. The highest BCUT2D eigenvalue weighted by molar-refractivity contribution is 5.87. The number of carbonyl (C=O) groups excluding carboxylic acids is 2. The van der Waals surface area contributed by atoms with Gasteiger partial charge in [0.2, 0.25) is 11.8 Å². The third kappa shape index (κ3) is 3.98. The number of primary amides is 1. The maximum atomic E-state index is 12.0. The van der Waals surface area contributed by atoms with E-state index in [-0.39, 0.29) is 18.4 Å². The number of hydrogen-bond acceptors (Lipinski definition) is 3. The molecular formula is C13H25N3O2. The van der Waals surface area contributed by atoms with Crippen LogP contribution >= 0.6 is 0 Å². The molecule has 1 atom stereocenters. The third-order valence-electron chi connectivity index (χ3n) is 4.03.